The van der Waals surface area contributed by atoms with Gasteiger partial charge in [0.2, 0.25) is 0 Å². The molecule has 0 amide bonds. The zero-order chi connectivity index (χ0) is 19.1. The van der Waals surface area contributed by atoms with Gasteiger partial charge in [-0.3, -0.25) is 9.20 Å². The third-order valence-corrected chi connectivity index (χ3v) is 7.00. The minimum atomic E-state index is -1.01. The predicted molar refractivity (Wildman–Crippen MR) is 129 cm³/mol. The van der Waals surface area contributed by atoms with Crippen LogP contribution in [-0.2, 0) is 30.2 Å². The van der Waals surface area contributed by atoms with Crippen LogP contribution in [0.15, 0.2) is 40.2 Å². The lowest BCUT2D eigenvalue weighted by Crippen LogP contribution is -2.38. The maximum absolute atomic E-state index is 12.4. The van der Waals surface area contributed by atoms with Crippen molar-refractivity contribution in [2.75, 3.05) is 25.9 Å². The lowest BCUT2D eigenvalue weighted by molar-refractivity contribution is 0.475. The van der Waals surface area contributed by atoms with Gasteiger partial charge in [-0.25, -0.2) is 4.98 Å². The highest BCUT2D eigenvalue weighted by Crippen LogP contribution is 2.27. The minimum Gasteiger partial charge on any atom is -0.357 e. The molecule has 1 unspecified atom stereocenters. The molecule has 1 aliphatic carbocycles. The van der Waals surface area contributed by atoms with E-state index >= 15 is 0 Å². The molecule has 28 heavy (non-hydrogen) atoms. The van der Waals surface area contributed by atoms with E-state index in [-0.39, 0.29) is 24.0 Å². The van der Waals surface area contributed by atoms with Gasteiger partial charge < -0.3 is 10.2 Å². The van der Waals surface area contributed by atoms with E-state index in [9.17, 15) is 4.21 Å². The molecule has 0 fully saturated rings. The zero-order valence-electron chi connectivity index (χ0n) is 16.5. The molecule has 0 saturated heterocycles. The van der Waals surface area contributed by atoms with Crippen LogP contribution in [0.4, 0.5) is 0 Å². The molecule has 0 saturated carbocycles. The predicted octanol–water partition coefficient (Wildman–Crippen LogP) is 3.85. The van der Waals surface area contributed by atoms with Gasteiger partial charge in [0.05, 0.1) is 29.6 Å². The highest BCUT2D eigenvalue weighted by Gasteiger charge is 2.17. The van der Waals surface area contributed by atoms with Crippen molar-refractivity contribution < 1.29 is 4.21 Å². The van der Waals surface area contributed by atoms with E-state index < -0.39 is 10.8 Å². The van der Waals surface area contributed by atoms with Crippen LogP contribution in [-0.4, -0.2) is 45.9 Å². The molecule has 2 aromatic rings. The van der Waals surface area contributed by atoms with Crippen LogP contribution in [0.5, 0.6) is 0 Å². The molecular weight excluding hydrogens is 503 g/mol. The number of aryl methyl sites for hydroxylation is 2. The number of aliphatic imine (C=N–C) groups is 1. The summed E-state index contributed by atoms with van der Waals surface area (Å²) in [6.07, 6.45) is 4.84. The van der Waals surface area contributed by atoms with Gasteiger partial charge in [-0.15, -0.1) is 35.3 Å². The standard InChI is InChI=1S/C20H28N4OS2.HI/c1-3-21-20(22-13-14-27(25)16-9-5-4-6-10-16)24(2)15-19-23-17-11-7-8-12-18(17)26-19;/h4-6,9-10H,3,7-8,11-15H2,1-2H3,(H,21,22);1H. The van der Waals surface area contributed by atoms with Gasteiger partial charge in [-0.2, -0.15) is 0 Å². The molecule has 1 heterocycles. The van der Waals surface area contributed by atoms with E-state index in [4.69, 9.17) is 4.98 Å². The molecule has 0 bridgehead atoms. The van der Waals surface area contributed by atoms with Crippen molar-refractivity contribution in [3.63, 3.8) is 0 Å². The third-order valence-electron chi connectivity index (χ3n) is 4.50. The number of hydrogen-bond acceptors (Lipinski definition) is 4. The van der Waals surface area contributed by atoms with E-state index in [1.165, 1.54) is 29.8 Å². The monoisotopic (exact) mass is 532 g/mol. The van der Waals surface area contributed by atoms with Crippen LogP contribution in [0.2, 0.25) is 0 Å². The first-order valence-electron chi connectivity index (χ1n) is 9.57. The van der Waals surface area contributed by atoms with Gasteiger partial charge in [0.1, 0.15) is 5.01 Å². The topological polar surface area (TPSA) is 57.6 Å². The fourth-order valence-electron chi connectivity index (χ4n) is 3.15. The van der Waals surface area contributed by atoms with E-state index in [1.807, 2.05) is 48.7 Å². The number of nitrogens with zero attached hydrogens (tertiary/aromatic N) is 3. The number of aromatic nitrogens is 1. The summed E-state index contributed by atoms with van der Waals surface area (Å²) in [6, 6.07) is 9.58. The maximum Gasteiger partial charge on any atom is 0.194 e. The minimum absolute atomic E-state index is 0. The Kier molecular flexibility index (Phi) is 9.87. The van der Waals surface area contributed by atoms with E-state index in [2.05, 4.69) is 22.1 Å². The van der Waals surface area contributed by atoms with Crippen molar-refractivity contribution in [2.45, 2.75) is 44.0 Å². The average molecular weight is 533 g/mol. The molecule has 0 spiro atoms. The molecule has 1 aliphatic rings. The van der Waals surface area contributed by atoms with Crippen molar-refractivity contribution in [1.29, 1.82) is 0 Å². The summed E-state index contributed by atoms with van der Waals surface area (Å²) in [5, 5.41) is 4.49. The van der Waals surface area contributed by atoms with Crippen LogP contribution < -0.4 is 5.32 Å². The van der Waals surface area contributed by atoms with Crippen LogP contribution in [0.3, 0.4) is 0 Å². The van der Waals surface area contributed by atoms with Gasteiger partial charge in [0, 0.05) is 29.1 Å². The molecule has 8 heteroatoms. The molecule has 1 atom stereocenters. The summed E-state index contributed by atoms with van der Waals surface area (Å²) < 4.78 is 12.4. The maximum atomic E-state index is 12.4. The van der Waals surface area contributed by atoms with Crippen molar-refractivity contribution in [3.05, 3.63) is 45.9 Å². The van der Waals surface area contributed by atoms with E-state index in [0.29, 0.717) is 12.3 Å². The lowest BCUT2D eigenvalue weighted by Gasteiger charge is -2.21. The first-order valence-corrected chi connectivity index (χ1v) is 11.7. The normalized spacial score (nSPS) is 14.7. The number of hydrogen-bond donors (Lipinski definition) is 1. The molecule has 0 radical (unpaired) electrons. The van der Waals surface area contributed by atoms with Gasteiger partial charge in [0.25, 0.3) is 0 Å². The highest BCUT2D eigenvalue weighted by atomic mass is 127. The average Bonchev–Trinajstić information content (AvgIpc) is 3.10. The number of benzene rings is 1. The number of thiazole rings is 1. The Labute approximate surface area is 191 Å². The van der Waals surface area contributed by atoms with Gasteiger partial charge >= 0.3 is 0 Å². The lowest BCUT2D eigenvalue weighted by atomic mass is 10.0. The molecular formula is C20H29IN4OS2. The number of rotatable bonds is 7. The number of halogens is 1. The molecule has 3 rings (SSSR count). The van der Waals surface area contributed by atoms with E-state index in [0.717, 1.165) is 35.4 Å². The fraction of sp³-hybridized carbons (Fsp3) is 0.500. The van der Waals surface area contributed by atoms with Gasteiger partial charge in [0.15, 0.2) is 5.96 Å². The third kappa shape index (κ3) is 6.52. The molecule has 1 N–H and O–H groups in total. The SMILES string of the molecule is CCNC(=NCCS(=O)c1ccccc1)N(C)Cc1nc2c(s1)CCCC2.I. The first kappa shape index (κ1) is 23.3. The Morgan fingerprint density at radius 2 is 2.04 bits per heavy atom. The smallest absolute Gasteiger partial charge is 0.194 e. The second-order valence-corrected chi connectivity index (χ2v) is 9.38. The number of fused-ring (bicyclic) bond motifs is 1. The van der Waals surface area contributed by atoms with Crippen LogP contribution in [0.25, 0.3) is 0 Å². The first-order chi connectivity index (χ1) is 13.2. The summed E-state index contributed by atoms with van der Waals surface area (Å²) in [5.74, 6) is 1.37. The van der Waals surface area contributed by atoms with Crippen LogP contribution in [0.1, 0.15) is 35.3 Å². The van der Waals surface area contributed by atoms with Crippen LogP contribution in [0, 0.1) is 0 Å². The molecule has 0 aliphatic heterocycles. The van der Waals surface area contributed by atoms with Crippen molar-refractivity contribution in [2.24, 2.45) is 4.99 Å². The Hall–Kier alpha value is -1.00. The molecule has 1 aromatic heterocycles. The Morgan fingerprint density at radius 1 is 1.29 bits per heavy atom. The van der Waals surface area contributed by atoms with Crippen LogP contribution >= 0.6 is 35.3 Å². The highest BCUT2D eigenvalue weighted by molar-refractivity contribution is 14.0. The Bertz CT molecular complexity index is 771. The summed E-state index contributed by atoms with van der Waals surface area (Å²) >= 11 is 1.84. The molecule has 154 valence electrons. The second-order valence-electron chi connectivity index (χ2n) is 6.64. The number of guanidine groups is 1. The van der Waals surface area contributed by atoms with Gasteiger partial charge in [-0.1, -0.05) is 18.2 Å². The number of nitrogens with one attached hydrogen (secondary N) is 1. The zero-order valence-corrected chi connectivity index (χ0v) is 20.5. The molecule has 1 aromatic carbocycles. The van der Waals surface area contributed by atoms with Crippen molar-refractivity contribution in [1.82, 2.24) is 15.2 Å². The second kappa shape index (κ2) is 11.9. The van der Waals surface area contributed by atoms with Crippen molar-refractivity contribution >= 4 is 52.1 Å². The van der Waals surface area contributed by atoms with Gasteiger partial charge in [-0.05, 0) is 44.7 Å². The van der Waals surface area contributed by atoms with E-state index in [1.54, 1.807) is 0 Å². The fourth-order valence-corrected chi connectivity index (χ4v) is 5.31. The van der Waals surface area contributed by atoms with Crippen molar-refractivity contribution in [3.8, 4) is 0 Å². The summed E-state index contributed by atoms with van der Waals surface area (Å²) in [6.45, 7) is 4.15. The summed E-state index contributed by atoms with van der Waals surface area (Å²) in [4.78, 5) is 13.9. The molecule has 5 nitrogen and oxygen atoms in total. The Morgan fingerprint density at radius 3 is 2.75 bits per heavy atom. The summed E-state index contributed by atoms with van der Waals surface area (Å²) in [5.41, 5.74) is 1.30. The summed E-state index contributed by atoms with van der Waals surface area (Å²) in [7, 11) is 1.02. The quantitative estimate of drug-likeness (QED) is 0.335. The Balaban J connectivity index is 0.00000280. The largest absolute Gasteiger partial charge is 0.357 e.